The van der Waals surface area contributed by atoms with Crippen molar-refractivity contribution in [2.24, 2.45) is 5.92 Å². The van der Waals surface area contributed by atoms with Gasteiger partial charge in [0.15, 0.2) is 0 Å². The van der Waals surface area contributed by atoms with Crippen molar-refractivity contribution in [2.75, 3.05) is 19.6 Å². The number of aromatic nitrogens is 3. The second-order valence-corrected chi connectivity index (χ2v) is 5.87. The molecule has 1 aromatic heterocycles. The standard InChI is InChI=1S/C13H23N5/c1-10(2)18-13(15-9-16-18)8-17-6-11-4-3-5-14-12(11)7-17/h9-12,14H,3-8H2,1-2H3/t11-,12+/m0/s1. The van der Waals surface area contributed by atoms with Crippen molar-refractivity contribution in [2.45, 2.75) is 45.3 Å². The van der Waals surface area contributed by atoms with Gasteiger partial charge in [-0.15, -0.1) is 0 Å². The van der Waals surface area contributed by atoms with Crippen molar-refractivity contribution in [3.63, 3.8) is 0 Å². The van der Waals surface area contributed by atoms with Crippen LogP contribution in [0.15, 0.2) is 6.33 Å². The number of hydrogen-bond acceptors (Lipinski definition) is 4. The highest BCUT2D eigenvalue weighted by molar-refractivity contribution is 4.95. The molecule has 0 unspecified atom stereocenters. The molecule has 1 aromatic rings. The van der Waals surface area contributed by atoms with Gasteiger partial charge in [0.1, 0.15) is 12.2 Å². The first-order valence-corrected chi connectivity index (χ1v) is 7.08. The number of nitrogens with zero attached hydrogens (tertiary/aromatic N) is 4. The van der Waals surface area contributed by atoms with E-state index in [0.29, 0.717) is 12.1 Å². The van der Waals surface area contributed by atoms with Crippen molar-refractivity contribution in [1.29, 1.82) is 0 Å². The highest BCUT2D eigenvalue weighted by Gasteiger charge is 2.34. The van der Waals surface area contributed by atoms with Crippen molar-refractivity contribution in [3.05, 3.63) is 12.2 Å². The van der Waals surface area contributed by atoms with Gasteiger partial charge in [-0.05, 0) is 39.2 Å². The van der Waals surface area contributed by atoms with Gasteiger partial charge in [0.05, 0.1) is 6.54 Å². The lowest BCUT2D eigenvalue weighted by Gasteiger charge is -2.24. The molecular formula is C13H23N5. The van der Waals surface area contributed by atoms with E-state index >= 15 is 0 Å². The molecule has 3 heterocycles. The third kappa shape index (κ3) is 2.29. The summed E-state index contributed by atoms with van der Waals surface area (Å²) in [4.78, 5) is 6.93. The van der Waals surface area contributed by atoms with E-state index in [9.17, 15) is 0 Å². The first-order chi connectivity index (χ1) is 8.74. The average molecular weight is 249 g/mol. The van der Waals surface area contributed by atoms with Gasteiger partial charge in [0.2, 0.25) is 0 Å². The maximum atomic E-state index is 4.41. The predicted octanol–water partition coefficient (Wildman–Crippen LogP) is 1.04. The smallest absolute Gasteiger partial charge is 0.141 e. The highest BCUT2D eigenvalue weighted by atomic mass is 15.4. The van der Waals surface area contributed by atoms with Gasteiger partial charge in [-0.25, -0.2) is 9.67 Å². The lowest BCUT2D eigenvalue weighted by molar-refractivity contribution is 0.294. The molecule has 2 atom stereocenters. The van der Waals surface area contributed by atoms with E-state index in [1.807, 2.05) is 4.68 Å². The van der Waals surface area contributed by atoms with Gasteiger partial charge in [-0.1, -0.05) is 0 Å². The Bertz CT molecular complexity index is 386. The molecule has 2 saturated heterocycles. The van der Waals surface area contributed by atoms with Crippen LogP contribution in [0.2, 0.25) is 0 Å². The van der Waals surface area contributed by atoms with Crippen LogP contribution in [0.3, 0.4) is 0 Å². The van der Waals surface area contributed by atoms with Gasteiger partial charge in [-0.3, -0.25) is 4.90 Å². The number of likely N-dealkylation sites (tertiary alicyclic amines) is 1. The third-order valence-electron chi connectivity index (χ3n) is 4.18. The third-order valence-corrected chi connectivity index (χ3v) is 4.18. The van der Waals surface area contributed by atoms with Crippen LogP contribution in [0.1, 0.15) is 38.6 Å². The van der Waals surface area contributed by atoms with E-state index < -0.39 is 0 Å². The van der Waals surface area contributed by atoms with Gasteiger partial charge in [0.25, 0.3) is 0 Å². The topological polar surface area (TPSA) is 46.0 Å². The van der Waals surface area contributed by atoms with E-state index in [1.165, 1.54) is 25.9 Å². The SMILES string of the molecule is CC(C)n1ncnc1CN1C[C@@H]2CCCN[C@@H]2C1. The number of piperidine rings is 1. The minimum atomic E-state index is 0.394. The van der Waals surface area contributed by atoms with Crippen LogP contribution in [-0.4, -0.2) is 45.3 Å². The molecule has 2 aliphatic heterocycles. The minimum absolute atomic E-state index is 0.394. The van der Waals surface area contributed by atoms with Crippen LogP contribution < -0.4 is 5.32 Å². The summed E-state index contributed by atoms with van der Waals surface area (Å²) in [6.45, 7) is 8.81. The fraction of sp³-hybridized carbons (Fsp3) is 0.846. The summed E-state index contributed by atoms with van der Waals surface area (Å²) >= 11 is 0. The number of hydrogen-bond donors (Lipinski definition) is 1. The second kappa shape index (κ2) is 4.97. The van der Waals surface area contributed by atoms with Gasteiger partial charge in [-0.2, -0.15) is 5.10 Å². The molecule has 0 radical (unpaired) electrons. The fourth-order valence-electron chi connectivity index (χ4n) is 3.28. The number of nitrogens with one attached hydrogen (secondary N) is 1. The zero-order valence-electron chi connectivity index (χ0n) is 11.3. The summed E-state index contributed by atoms with van der Waals surface area (Å²) in [7, 11) is 0. The van der Waals surface area contributed by atoms with Gasteiger partial charge < -0.3 is 5.32 Å². The summed E-state index contributed by atoms with van der Waals surface area (Å²) in [5.41, 5.74) is 0. The van der Waals surface area contributed by atoms with Crippen molar-refractivity contribution >= 4 is 0 Å². The lowest BCUT2D eigenvalue weighted by Crippen LogP contribution is -2.40. The fourth-order valence-corrected chi connectivity index (χ4v) is 3.28. The van der Waals surface area contributed by atoms with Crippen LogP contribution in [0, 0.1) is 5.92 Å². The summed E-state index contributed by atoms with van der Waals surface area (Å²) in [5, 5.41) is 7.96. The van der Waals surface area contributed by atoms with Crippen LogP contribution >= 0.6 is 0 Å². The molecule has 0 aliphatic carbocycles. The molecule has 5 nitrogen and oxygen atoms in total. The number of fused-ring (bicyclic) bond motifs is 1. The van der Waals surface area contributed by atoms with E-state index in [2.05, 4.69) is 34.1 Å². The monoisotopic (exact) mass is 249 g/mol. The van der Waals surface area contributed by atoms with Crippen molar-refractivity contribution in [3.8, 4) is 0 Å². The molecule has 1 N–H and O–H groups in total. The van der Waals surface area contributed by atoms with E-state index in [4.69, 9.17) is 0 Å². The molecule has 0 spiro atoms. The molecular weight excluding hydrogens is 226 g/mol. The Morgan fingerprint density at radius 1 is 1.44 bits per heavy atom. The summed E-state index contributed by atoms with van der Waals surface area (Å²) in [6, 6.07) is 1.10. The molecule has 0 bridgehead atoms. The molecule has 2 fully saturated rings. The minimum Gasteiger partial charge on any atom is -0.312 e. The molecule has 100 valence electrons. The summed E-state index contributed by atoms with van der Waals surface area (Å²) < 4.78 is 2.04. The van der Waals surface area contributed by atoms with Gasteiger partial charge >= 0.3 is 0 Å². The Labute approximate surface area is 109 Å². The highest BCUT2D eigenvalue weighted by Crippen LogP contribution is 2.25. The van der Waals surface area contributed by atoms with Crippen LogP contribution in [0.4, 0.5) is 0 Å². The first-order valence-electron chi connectivity index (χ1n) is 7.08. The average Bonchev–Trinajstić information content (AvgIpc) is 2.94. The maximum absolute atomic E-state index is 4.41. The van der Waals surface area contributed by atoms with E-state index in [1.54, 1.807) is 6.33 Å². The zero-order chi connectivity index (χ0) is 12.5. The quantitative estimate of drug-likeness (QED) is 0.869. The molecule has 0 amide bonds. The van der Waals surface area contributed by atoms with Crippen molar-refractivity contribution < 1.29 is 0 Å². The molecule has 0 saturated carbocycles. The largest absolute Gasteiger partial charge is 0.312 e. The van der Waals surface area contributed by atoms with E-state index in [0.717, 1.165) is 24.8 Å². The molecule has 5 heteroatoms. The first kappa shape index (κ1) is 12.1. The van der Waals surface area contributed by atoms with Gasteiger partial charge in [0, 0.05) is 25.2 Å². The molecule has 2 aliphatic rings. The Hall–Kier alpha value is -0.940. The Morgan fingerprint density at radius 2 is 2.33 bits per heavy atom. The number of rotatable bonds is 3. The predicted molar refractivity (Wildman–Crippen MR) is 70.2 cm³/mol. The molecule has 18 heavy (non-hydrogen) atoms. The van der Waals surface area contributed by atoms with Crippen LogP contribution in [-0.2, 0) is 6.54 Å². The second-order valence-electron chi connectivity index (χ2n) is 5.87. The zero-order valence-corrected chi connectivity index (χ0v) is 11.3. The van der Waals surface area contributed by atoms with Crippen molar-refractivity contribution in [1.82, 2.24) is 25.0 Å². The molecule has 0 aromatic carbocycles. The Balaban J connectivity index is 1.65. The molecule has 3 rings (SSSR count). The summed E-state index contributed by atoms with van der Waals surface area (Å²) in [5.74, 6) is 1.94. The van der Waals surface area contributed by atoms with E-state index in [-0.39, 0.29) is 0 Å². The lowest BCUT2D eigenvalue weighted by atomic mass is 9.94. The Kier molecular flexibility index (Phi) is 3.35. The van der Waals surface area contributed by atoms with Crippen LogP contribution in [0.25, 0.3) is 0 Å². The Morgan fingerprint density at radius 3 is 3.11 bits per heavy atom. The maximum Gasteiger partial charge on any atom is 0.141 e. The van der Waals surface area contributed by atoms with Crippen LogP contribution in [0.5, 0.6) is 0 Å². The summed E-state index contributed by atoms with van der Waals surface area (Å²) in [6.07, 6.45) is 4.39. The normalized spacial score (nSPS) is 28.8.